The van der Waals surface area contributed by atoms with E-state index in [0.717, 1.165) is 22.0 Å². The number of carbonyl (C=O) groups excluding carboxylic acids is 9. The van der Waals surface area contributed by atoms with Crippen LogP contribution in [-0.2, 0) is 75.3 Å². The van der Waals surface area contributed by atoms with Crippen molar-refractivity contribution in [3.63, 3.8) is 0 Å². The molecule has 0 bridgehead atoms. The number of aliphatic hydroxyl groups excluding tert-OH is 1. The second-order valence-corrected chi connectivity index (χ2v) is 24.8. The summed E-state index contributed by atoms with van der Waals surface area (Å²) in [5, 5.41) is 42.5. The number of hydrogen-bond donors (Lipinski definition) is 15. The normalized spacial score (nSPS) is 15.1. The zero-order valence-electron chi connectivity index (χ0n) is 53.6. The van der Waals surface area contributed by atoms with Crippen molar-refractivity contribution in [1.82, 2.24) is 62.1 Å². The fourth-order valence-corrected chi connectivity index (χ4v) is 11.8. The number of guanidine groups is 1. The predicted octanol–water partition coefficient (Wildman–Crippen LogP) is 2.03. The number of Topliss-reactive ketones (excluding diaryl/α,β-unsaturated/α-hetero) is 1. The van der Waals surface area contributed by atoms with E-state index in [9.17, 15) is 43.8 Å². The molecule has 0 saturated carbocycles. The van der Waals surface area contributed by atoms with Crippen LogP contribution in [0.3, 0.4) is 0 Å². The first-order valence-corrected chi connectivity index (χ1v) is 32.4. The van der Waals surface area contributed by atoms with E-state index in [0.29, 0.717) is 52.1 Å². The van der Waals surface area contributed by atoms with Crippen LogP contribution in [0.15, 0.2) is 127 Å². The van der Waals surface area contributed by atoms with Gasteiger partial charge in [0.05, 0.1) is 19.0 Å². The number of aryl methyl sites for hydroxylation is 1. The van der Waals surface area contributed by atoms with Crippen molar-refractivity contribution in [2.24, 2.45) is 28.1 Å². The molecule has 96 heavy (non-hydrogen) atoms. The Morgan fingerprint density at radius 1 is 0.635 bits per heavy atom. The van der Waals surface area contributed by atoms with E-state index in [2.05, 4.69) is 62.1 Å². The number of nitrogens with two attached hydrogens (primary N) is 3. The Kier molecular flexibility index (Phi) is 26.0. The molecule has 4 aromatic carbocycles. The number of rotatable bonds is 35. The molecule has 1 saturated heterocycles. The number of fused-ring (bicyclic) bond motifs is 2. The number of hydrogen-bond acceptors (Lipinski definition) is 14. The number of aliphatic hydroxyl groups is 1. The smallest absolute Gasteiger partial charge is 0.245 e. The van der Waals surface area contributed by atoms with E-state index in [1.54, 1.807) is 48.8 Å². The van der Waals surface area contributed by atoms with Gasteiger partial charge in [0.2, 0.25) is 47.3 Å². The Hall–Kier alpha value is -10.1. The molecule has 27 nitrogen and oxygen atoms in total. The maximum Gasteiger partial charge on any atom is 0.245 e. The second-order valence-electron chi connectivity index (χ2n) is 24.3. The van der Waals surface area contributed by atoms with Gasteiger partial charge in [-0.05, 0) is 110 Å². The fourth-order valence-electron chi connectivity index (χ4n) is 11.7. The molecule has 28 heteroatoms. The van der Waals surface area contributed by atoms with Gasteiger partial charge in [0.25, 0.3) is 0 Å². The van der Waals surface area contributed by atoms with Crippen molar-refractivity contribution in [2.45, 2.75) is 139 Å². The topological polar surface area (TPSA) is 432 Å². The van der Waals surface area contributed by atoms with E-state index in [1.807, 2.05) is 50.2 Å². The van der Waals surface area contributed by atoms with Crippen molar-refractivity contribution < 1.29 is 53.4 Å². The van der Waals surface area contributed by atoms with Crippen molar-refractivity contribution in [1.29, 1.82) is 0 Å². The van der Waals surface area contributed by atoms with Gasteiger partial charge in [-0.2, -0.15) is 0 Å². The number of ketones is 1. The Balaban J connectivity index is 1.05. The average Bonchev–Trinajstić information content (AvgIpc) is 1.78. The van der Waals surface area contributed by atoms with Crippen LogP contribution >= 0.6 is 11.6 Å². The summed E-state index contributed by atoms with van der Waals surface area (Å²) >= 11 is 6.08. The number of benzene rings is 4. The van der Waals surface area contributed by atoms with E-state index in [4.69, 9.17) is 28.8 Å². The molecule has 1 fully saturated rings. The van der Waals surface area contributed by atoms with Crippen molar-refractivity contribution >= 4 is 92.4 Å². The van der Waals surface area contributed by atoms with E-state index < -0.39 is 102 Å². The molecule has 510 valence electrons. The number of aliphatic imine (C=N–C) groups is 1. The zero-order valence-corrected chi connectivity index (χ0v) is 54.3. The van der Waals surface area contributed by atoms with Gasteiger partial charge in [-0.15, -0.1) is 0 Å². The van der Waals surface area contributed by atoms with E-state index in [1.165, 1.54) is 41.7 Å². The summed E-state index contributed by atoms with van der Waals surface area (Å²) < 4.78 is 0. The monoisotopic (exact) mass is 1340 g/mol. The molecule has 18 N–H and O–H groups in total. The summed E-state index contributed by atoms with van der Waals surface area (Å²) in [5.41, 5.74) is 21.3. The van der Waals surface area contributed by atoms with Crippen LogP contribution in [0.4, 0.5) is 0 Å². The van der Waals surface area contributed by atoms with Crippen LogP contribution in [0.2, 0.25) is 5.02 Å². The Labute approximate surface area is 559 Å². The molecule has 0 spiro atoms. The van der Waals surface area contributed by atoms with Gasteiger partial charge in [-0.1, -0.05) is 86.1 Å². The average molecular weight is 1340 g/mol. The molecule has 1 aliphatic heterocycles. The van der Waals surface area contributed by atoms with Crippen molar-refractivity contribution in [3.05, 3.63) is 155 Å². The fraction of sp³-hybridized carbons (Fsp3) is 0.397. The summed E-state index contributed by atoms with van der Waals surface area (Å²) in [5.74, 6) is -6.84. The highest BCUT2D eigenvalue weighted by Crippen LogP contribution is 2.24. The number of likely N-dealkylation sites (tertiary alicyclic amines) is 1. The Bertz CT molecular complexity index is 3830. The minimum Gasteiger partial charge on any atom is -0.508 e. The highest BCUT2D eigenvalue weighted by Gasteiger charge is 2.39. The number of nitrogens with zero attached hydrogens (tertiary/aromatic N) is 3. The standard InChI is InChI=1S/C68H85ClN16O11/c1-39(2)29-52(61(90)79-51(13-7-27-74-68(71)72)67(96)85-28-8-14-58(85)59(88)25-26-70)80-63(92)54(31-42-34-75-49-11-5-3-9-47(42)49)82-62(91)53(30-41-17-22-46(87)23-18-41)81-66(95)57(37-86)84-64(93)55(32-43-35-76-50-12-6-4-10-48(43)50)83-65(94)56(33-45-36-73-38-77-45)78-60(89)24-19-40-15-20-44(69)21-16-40/h3-6,9-12,15-18,20-23,34-36,38-39,51-58,75-76,86-87H,7-8,13-14,19,24-33,37,70H2,1-2H3,(H,73,77)(H,78,89)(H,79,90)(H,80,92)(H,81,95)(H,82,91)(H,83,94)(H,84,93)(H4,71,72,74)/t51-,52-,53-,54+,55-,56-,57-,58-/m0/s1. The highest BCUT2D eigenvalue weighted by molar-refractivity contribution is 6.30. The van der Waals surface area contributed by atoms with Gasteiger partial charge in [0.1, 0.15) is 48.0 Å². The van der Waals surface area contributed by atoms with Crippen LogP contribution in [0.25, 0.3) is 21.8 Å². The minimum atomic E-state index is -1.77. The summed E-state index contributed by atoms with van der Waals surface area (Å²) in [6, 6.07) is 16.6. The van der Waals surface area contributed by atoms with E-state index in [-0.39, 0.29) is 101 Å². The number of carbonyl (C=O) groups is 9. The lowest BCUT2D eigenvalue weighted by molar-refractivity contribution is -0.141. The molecular formula is C68H85ClN16O11. The quantitative estimate of drug-likeness (QED) is 0.0154. The molecule has 1 aliphatic rings. The first kappa shape index (κ1) is 71.7. The number of imidazole rings is 1. The number of nitrogens with one attached hydrogen (secondary N) is 10. The van der Waals surface area contributed by atoms with Gasteiger partial charge < -0.3 is 84.5 Å². The third kappa shape index (κ3) is 20.4. The largest absolute Gasteiger partial charge is 0.508 e. The number of phenols is 1. The minimum absolute atomic E-state index is 0.000179. The third-order valence-corrected chi connectivity index (χ3v) is 16.9. The van der Waals surface area contributed by atoms with Crippen LogP contribution in [0.1, 0.15) is 86.7 Å². The van der Waals surface area contributed by atoms with Gasteiger partial charge in [-0.3, -0.25) is 48.1 Å². The summed E-state index contributed by atoms with van der Waals surface area (Å²) in [6.07, 6.45) is 7.38. The lowest BCUT2D eigenvalue weighted by Gasteiger charge is -2.30. The first-order chi connectivity index (χ1) is 46.2. The van der Waals surface area contributed by atoms with Crippen LogP contribution < -0.4 is 54.4 Å². The molecule has 8 amide bonds. The summed E-state index contributed by atoms with van der Waals surface area (Å²) in [7, 11) is 0. The number of amides is 8. The number of aromatic nitrogens is 4. The molecule has 8 atom stereocenters. The third-order valence-electron chi connectivity index (χ3n) is 16.7. The molecule has 0 radical (unpaired) electrons. The van der Waals surface area contributed by atoms with Crippen LogP contribution in [0.5, 0.6) is 5.75 Å². The number of phenolic OH excluding ortho intramolecular Hbond substituents is 1. The Morgan fingerprint density at radius 2 is 1.16 bits per heavy atom. The van der Waals surface area contributed by atoms with Gasteiger partial charge in [-0.25, -0.2) is 4.98 Å². The highest BCUT2D eigenvalue weighted by atomic mass is 35.5. The molecule has 8 rings (SSSR count). The molecule has 4 heterocycles. The van der Waals surface area contributed by atoms with Gasteiger partial charge >= 0.3 is 0 Å². The molecular weight excluding hydrogens is 1250 g/mol. The van der Waals surface area contributed by atoms with Gasteiger partial charge in [0, 0.05) is 103 Å². The molecule has 0 aliphatic carbocycles. The van der Waals surface area contributed by atoms with Gasteiger partial charge in [0.15, 0.2) is 11.7 Å². The van der Waals surface area contributed by atoms with E-state index >= 15 is 9.59 Å². The number of aromatic hydroxyl groups is 1. The number of para-hydroxylation sites is 2. The van der Waals surface area contributed by atoms with Crippen LogP contribution in [-0.4, -0.2) is 169 Å². The predicted molar refractivity (Wildman–Crippen MR) is 361 cm³/mol. The SMILES string of the molecule is CC(C)C[C@H](NC(=O)[C@@H](Cc1c[nH]c2ccccc12)NC(=O)[C@H](Cc1ccc(O)cc1)NC(=O)[C@H](CO)NC(=O)[C@H](Cc1c[nH]c2ccccc12)NC(=O)[C@H](Cc1cnc[nH]1)NC(=O)CCc1ccc(Cl)cc1)C(=O)N[C@@H](CCCN=C(N)N)C(=O)N1CCC[C@H]1C(=O)CCN. The zero-order chi connectivity index (χ0) is 68.8. The lowest BCUT2D eigenvalue weighted by Crippen LogP contribution is -2.61. The van der Waals surface area contributed by atoms with Crippen molar-refractivity contribution in [2.75, 3.05) is 26.2 Å². The number of H-pyrrole nitrogens is 3. The second kappa shape index (κ2) is 34.9. The maximum atomic E-state index is 15.1. The number of halogens is 1. The van der Waals surface area contributed by atoms with Crippen LogP contribution in [0, 0.1) is 5.92 Å². The number of aromatic amines is 3. The first-order valence-electron chi connectivity index (χ1n) is 32.1. The van der Waals surface area contributed by atoms with Crippen molar-refractivity contribution in [3.8, 4) is 5.75 Å². The summed E-state index contributed by atoms with van der Waals surface area (Å²) in [6.45, 7) is 3.15. The maximum absolute atomic E-state index is 15.1. The molecule has 0 unspecified atom stereocenters. The lowest BCUT2D eigenvalue weighted by atomic mass is 9.99. The molecule has 7 aromatic rings. The Morgan fingerprint density at radius 3 is 1.71 bits per heavy atom. The molecule has 3 aromatic heterocycles. The summed E-state index contributed by atoms with van der Waals surface area (Å²) in [4.78, 5) is 149.